The van der Waals surface area contributed by atoms with Crippen molar-refractivity contribution < 1.29 is 4.52 Å². The van der Waals surface area contributed by atoms with Gasteiger partial charge in [0, 0.05) is 23.9 Å². The standard InChI is InChI=1S/C20H19N5O2S/c1-11(13-3-5-14(6-4-13)18-23-12(2)27-24-18)25-10-22-19-17(20(25)26)15-7-8-21-9-16(15)28-19/h3-6,10-11,21H,7-9H2,1-2H3. The first-order valence-electron chi connectivity index (χ1n) is 9.24. The van der Waals surface area contributed by atoms with Crippen molar-refractivity contribution in [1.82, 2.24) is 25.0 Å². The van der Waals surface area contributed by atoms with E-state index in [9.17, 15) is 4.79 Å². The SMILES string of the molecule is Cc1nc(-c2ccc(C(C)n3cnc4sc5c(c4c3=O)CCNC5)cc2)no1. The number of hydrogen-bond acceptors (Lipinski definition) is 7. The maximum absolute atomic E-state index is 13.2. The Morgan fingerprint density at radius 3 is 2.86 bits per heavy atom. The van der Waals surface area contributed by atoms with E-state index in [1.807, 2.05) is 31.2 Å². The van der Waals surface area contributed by atoms with Crippen LogP contribution in [0.3, 0.4) is 0 Å². The molecular formula is C20H19N5O2S. The molecule has 0 saturated heterocycles. The fraction of sp³-hybridized carbons (Fsp3) is 0.300. The lowest BCUT2D eigenvalue weighted by atomic mass is 10.0. The molecule has 8 heteroatoms. The maximum atomic E-state index is 13.2. The number of nitrogens with one attached hydrogen (secondary N) is 1. The topological polar surface area (TPSA) is 85.8 Å². The van der Waals surface area contributed by atoms with Gasteiger partial charge in [-0.25, -0.2) is 4.98 Å². The summed E-state index contributed by atoms with van der Waals surface area (Å²) in [6.07, 6.45) is 2.55. The normalized spacial score (nSPS) is 14.9. The third kappa shape index (κ3) is 2.76. The molecule has 0 fully saturated rings. The molecule has 4 heterocycles. The van der Waals surface area contributed by atoms with E-state index >= 15 is 0 Å². The van der Waals surface area contributed by atoms with E-state index < -0.39 is 0 Å². The fourth-order valence-corrected chi connectivity index (χ4v) is 4.84. The van der Waals surface area contributed by atoms with Gasteiger partial charge >= 0.3 is 0 Å². The van der Waals surface area contributed by atoms with Crippen molar-refractivity contribution in [3.63, 3.8) is 0 Å². The van der Waals surface area contributed by atoms with Gasteiger partial charge in [-0.15, -0.1) is 11.3 Å². The van der Waals surface area contributed by atoms with Gasteiger partial charge in [0.15, 0.2) is 0 Å². The lowest BCUT2D eigenvalue weighted by Gasteiger charge is -2.16. The lowest BCUT2D eigenvalue weighted by Crippen LogP contribution is -2.26. The second kappa shape index (κ2) is 6.65. The summed E-state index contributed by atoms with van der Waals surface area (Å²) in [5.41, 5.74) is 3.11. The van der Waals surface area contributed by atoms with Gasteiger partial charge in [-0.3, -0.25) is 9.36 Å². The van der Waals surface area contributed by atoms with Gasteiger partial charge < -0.3 is 9.84 Å². The monoisotopic (exact) mass is 393 g/mol. The molecular weight excluding hydrogens is 374 g/mol. The van der Waals surface area contributed by atoms with Crippen LogP contribution in [-0.2, 0) is 13.0 Å². The molecule has 3 aromatic heterocycles. The fourth-order valence-electron chi connectivity index (χ4n) is 3.69. The highest BCUT2D eigenvalue weighted by atomic mass is 32.1. The van der Waals surface area contributed by atoms with Crippen LogP contribution in [0.25, 0.3) is 21.6 Å². The molecule has 1 atom stereocenters. The Balaban J connectivity index is 1.53. The molecule has 4 aromatic rings. The minimum atomic E-state index is -0.122. The van der Waals surface area contributed by atoms with Crippen molar-refractivity contribution >= 4 is 21.6 Å². The van der Waals surface area contributed by atoms with Crippen LogP contribution in [0.4, 0.5) is 0 Å². The Bertz CT molecular complexity index is 1220. The Hall–Kier alpha value is -2.84. The third-order valence-corrected chi connectivity index (χ3v) is 6.39. The number of benzene rings is 1. The second-order valence-electron chi connectivity index (χ2n) is 7.00. The number of rotatable bonds is 3. The molecule has 0 amide bonds. The first-order chi connectivity index (χ1) is 13.6. The molecule has 1 N–H and O–H groups in total. The molecule has 1 aliphatic rings. The number of nitrogens with zero attached hydrogens (tertiary/aromatic N) is 4. The van der Waals surface area contributed by atoms with Crippen LogP contribution < -0.4 is 10.9 Å². The van der Waals surface area contributed by atoms with Crippen LogP contribution in [0.1, 0.15) is 34.9 Å². The van der Waals surface area contributed by atoms with E-state index in [0.717, 1.165) is 40.9 Å². The lowest BCUT2D eigenvalue weighted by molar-refractivity contribution is 0.394. The van der Waals surface area contributed by atoms with Crippen LogP contribution in [0.5, 0.6) is 0 Å². The van der Waals surface area contributed by atoms with Crippen LogP contribution in [0, 0.1) is 6.92 Å². The molecule has 0 bridgehead atoms. The molecule has 0 aliphatic carbocycles. The third-order valence-electron chi connectivity index (χ3n) is 5.25. The van der Waals surface area contributed by atoms with E-state index in [4.69, 9.17) is 4.52 Å². The minimum absolute atomic E-state index is 0.0368. The van der Waals surface area contributed by atoms with Crippen LogP contribution in [0.2, 0.25) is 0 Å². The Kier molecular flexibility index (Phi) is 4.10. The smallest absolute Gasteiger partial charge is 0.262 e. The molecule has 28 heavy (non-hydrogen) atoms. The van der Waals surface area contributed by atoms with Gasteiger partial charge in [-0.05, 0) is 31.0 Å². The van der Waals surface area contributed by atoms with Gasteiger partial charge in [0.1, 0.15) is 4.83 Å². The highest BCUT2D eigenvalue weighted by molar-refractivity contribution is 7.18. The zero-order valence-corrected chi connectivity index (χ0v) is 16.4. The van der Waals surface area contributed by atoms with Crippen LogP contribution >= 0.6 is 11.3 Å². The summed E-state index contributed by atoms with van der Waals surface area (Å²) in [4.78, 5) is 24.1. The van der Waals surface area contributed by atoms with E-state index in [2.05, 4.69) is 20.4 Å². The van der Waals surface area contributed by atoms with E-state index in [1.54, 1.807) is 29.2 Å². The zero-order chi connectivity index (χ0) is 19.3. The highest BCUT2D eigenvalue weighted by Gasteiger charge is 2.21. The van der Waals surface area contributed by atoms with Gasteiger partial charge in [0.05, 0.1) is 17.8 Å². The molecule has 5 rings (SSSR count). The summed E-state index contributed by atoms with van der Waals surface area (Å²) >= 11 is 1.62. The van der Waals surface area contributed by atoms with Crippen molar-refractivity contribution in [2.45, 2.75) is 32.9 Å². The minimum Gasteiger partial charge on any atom is -0.339 e. The van der Waals surface area contributed by atoms with Gasteiger partial charge in [-0.1, -0.05) is 29.4 Å². The molecule has 1 aromatic carbocycles. The number of hydrogen-bond donors (Lipinski definition) is 1. The van der Waals surface area contributed by atoms with Gasteiger partial charge in [0.25, 0.3) is 5.56 Å². The predicted octanol–water partition coefficient (Wildman–Crippen LogP) is 3.07. The molecule has 7 nitrogen and oxygen atoms in total. The van der Waals surface area contributed by atoms with Crippen molar-refractivity contribution in [2.75, 3.05) is 6.54 Å². The highest BCUT2D eigenvalue weighted by Crippen LogP contribution is 2.30. The Morgan fingerprint density at radius 2 is 2.11 bits per heavy atom. The average Bonchev–Trinajstić information content (AvgIpc) is 3.31. The quantitative estimate of drug-likeness (QED) is 0.576. The second-order valence-corrected chi connectivity index (χ2v) is 8.09. The first kappa shape index (κ1) is 17.3. The average molecular weight is 393 g/mol. The number of thiophene rings is 1. The van der Waals surface area contributed by atoms with E-state index in [-0.39, 0.29) is 11.6 Å². The summed E-state index contributed by atoms with van der Waals surface area (Å²) in [7, 11) is 0. The Labute approximate surface area is 165 Å². The summed E-state index contributed by atoms with van der Waals surface area (Å²) in [6, 6.07) is 7.77. The van der Waals surface area contributed by atoms with Crippen molar-refractivity contribution in [3.8, 4) is 11.4 Å². The summed E-state index contributed by atoms with van der Waals surface area (Å²) in [5.74, 6) is 1.10. The molecule has 0 radical (unpaired) electrons. The molecule has 1 aliphatic heterocycles. The summed E-state index contributed by atoms with van der Waals surface area (Å²) < 4.78 is 6.77. The zero-order valence-electron chi connectivity index (χ0n) is 15.6. The predicted molar refractivity (Wildman–Crippen MR) is 108 cm³/mol. The molecule has 142 valence electrons. The maximum Gasteiger partial charge on any atom is 0.262 e. The Morgan fingerprint density at radius 1 is 1.29 bits per heavy atom. The van der Waals surface area contributed by atoms with Gasteiger partial charge in [0.2, 0.25) is 11.7 Å². The summed E-state index contributed by atoms with van der Waals surface area (Å²) in [5, 5.41) is 8.10. The number of aryl methyl sites for hydroxylation is 1. The van der Waals surface area contributed by atoms with Crippen LogP contribution in [0.15, 0.2) is 39.9 Å². The van der Waals surface area contributed by atoms with E-state index in [0.29, 0.717) is 11.7 Å². The molecule has 1 unspecified atom stereocenters. The van der Waals surface area contributed by atoms with Gasteiger partial charge in [-0.2, -0.15) is 4.98 Å². The first-order valence-corrected chi connectivity index (χ1v) is 10.1. The van der Waals surface area contributed by atoms with Crippen LogP contribution in [-0.4, -0.2) is 26.2 Å². The van der Waals surface area contributed by atoms with Crippen molar-refractivity contribution in [3.05, 3.63) is 62.8 Å². The molecule has 0 spiro atoms. The van der Waals surface area contributed by atoms with Crippen molar-refractivity contribution in [2.24, 2.45) is 0 Å². The largest absolute Gasteiger partial charge is 0.339 e. The van der Waals surface area contributed by atoms with Crippen molar-refractivity contribution in [1.29, 1.82) is 0 Å². The number of aromatic nitrogens is 4. The summed E-state index contributed by atoms with van der Waals surface area (Å²) in [6.45, 7) is 5.51. The van der Waals surface area contributed by atoms with E-state index in [1.165, 1.54) is 10.4 Å². The number of fused-ring (bicyclic) bond motifs is 3. The molecule has 0 saturated carbocycles.